The molecule has 0 spiro atoms. The molecular weight excluding hydrogens is 276 g/mol. The fourth-order valence-electron chi connectivity index (χ4n) is 1.68. The first-order valence-electron chi connectivity index (χ1n) is 6.09. The minimum atomic E-state index is 0.257. The summed E-state index contributed by atoms with van der Waals surface area (Å²) >= 11 is 6.13. The highest BCUT2D eigenvalue weighted by molar-refractivity contribution is 6.31. The smallest absolute Gasteiger partial charge is 0.185 e. The van der Waals surface area contributed by atoms with Crippen molar-refractivity contribution >= 4 is 23.8 Å². The van der Waals surface area contributed by atoms with Gasteiger partial charge in [0, 0.05) is 5.02 Å². The largest absolute Gasteiger partial charge is 0.483 e. The van der Waals surface area contributed by atoms with Crippen molar-refractivity contribution in [2.24, 2.45) is 4.99 Å². The molecule has 1 heterocycles. The summed E-state index contributed by atoms with van der Waals surface area (Å²) in [7, 11) is 0. The summed E-state index contributed by atoms with van der Waals surface area (Å²) in [6, 6.07) is 9.53. The van der Waals surface area contributed by atoms with Gasteiger partial charge in [-0.25, -0.2) is 4.98 Å². The summed E-state index contributed by atoms with van der Waals surface area (Å²) in [5, 5.41) is 9.71. The molecule has 1 aromatic carbocycles. The SMILES string of the molecule is CCO/C=N/c1c(C#N)ncn1Cc1ccccc1Cl. The molecule has 0 unspecified atom stereocenters. The van der Waals surface area contributed by atoms with Gasteiger partial charge in [-0.3, -0.25) is 0 Å². The molecular formula is C14H13ClN4O. The van der Waals surface area contributed by atoms with Crippen LogP contribution < -0.4 is 0 Å². The van der Waals surface area contributed by atoms with Crippen LogP contribution in [0.3, 0.4) is 0 Å². The van der Waals surface area contributed by atoms with E-state index in [1.807, 2.05) is 37.3 Å². The van der Waals surface area contributed by atoms with E-state index in [1.54, 1.807) is 10.9 Å². The van der Waals surface area contributed by atoms with Crippen molar-refractivity contribution in [1.82, 2.24) is 9.55 Å². The molecule has 0 saturated heterocycles. The standard InChI is InChI=1S/C14H13ClN4O/c1-2-20-10-18-14-13(7-16)17-9-19(14)8-11-5-3-4-6-12(11)15/h3-6,9-10H,2,8H2,1H3/b18-10+. The summed E-state index contributed by atoms with van der Waals surface area (Å²) in [6.07, 6.45) is 2.89. The van der Waals surface area contributed by atoms with Gasteiger partial charge in [-0.2, -0.15) is 10.3 Å². The molecule has 1 aromatic heterocycles. The van der Waals surface area contributed by atoms with Gasteiger partial charge in [0.25, 0.3) is 0 Å². The van der Waals surface area contributed by atoms with Crippen LogP contribution in [0, 0.1) is 11.3 Å². The molecule has 6 heteroatoms. The lowest BCUT2D eigenvalue weighted by molar-refractivity contribution is 0.343. The molecule has 2 aromatic rings. The average molecular weight is 289 g/mol. The number of hydrogen-bond donors (Lipinski definition) is 0. The number of rotatable bonds is 5. The Morgan fingerprint density at radius 3 is 3.00 bits per heavy atom. The molecule has 20 heavy (non-hydrogen) atoms. The number of hydrogen-bond acceptors (Lipinski definition) is 4. The van der Waals surface area contributed by atoms with Gasteiger partial charge in [-0.15, -0.1) is 0 Å². The predicted molar refractivity (Wildman–Crippen MR) is 77.3 cm³/mol. The average Bonchev–Trinajstić information content (AvgIpc) is 2.84. The number of nitrogens with zero attached hydrogens (tertiary/aromatic N) is 4. The van der Waals surface area contributed by atoms with Crippen molar-refractivity contribution in [3.8, 4) is 6.07 Å². The highest BCUT2D eigenvalue weighted by atomic mass is 35.5. The quantitative estimate of drug-likeness (QED) is 0.627. The van der Waals surface area contributed by atoms with Gasteiger partial charge in [0.15, 0.2) is 17.9 Å². The third-order valence-corrected chi connectivity index (χ3v) is 3.00. The van der Waals surface area contributed by atoms with E-state index in [2.05, 4.69) is 9.98 Å². The van der Waals surface area contributed by atoms with E-state index >= 15 is 0 Å². The van der Waals surface area contributed by atoms with Crippen molar-refractivity contribution in [2.45, 2.75) is 13.5 Å². The van der Waals surface area contributed by atoms with Gasteiger partial charge in [-0.05, 0) is 18.6 Å². The molecule has 0 amide bonds. The molecule has 0 saturated carbocycles. The van der Waals surface area contributed by atoms with Crippen molar-refractivity contribution in [3.05, 3.63) is 46.9 Å². The first-order valence-corrected chi connectivity index (χ1v) is 6.46. The maximum atomic E-state index is 9.04. The van der Waals surface area contributed by atoms with E-state index in [9.17, 15) is 0 Å². The van der Waals surface area contributed by atoms with Crippen LogP contribution in [-0.4, -0.2) is 22.6 Å². The molecule has 2 rings (SSSR count). The third kappa shape index (κ3) is 3.16. The van der Waals surface area contributed by atoms with Gasteiger partial charge < -0.3 is 9.30 Å². The zero-order valence-electron chi connectivity index (χ0n) is 11.0. The summed E-state index contributed by atoms with van der Waals surface area (Å²) < 4.78 is 6.83. The molecule has 0 atom stereocenters. The topological polar surface area (TPSA) is 63.2 Å². The maximum Gasteiger partial charge on any atom is 0.185 e. The number of aromatic nitrogens is 2. The summed E-state index contributed by atoms with van der Waals surface area (Å²) in [6.45, 7) is 2.87. The summed E-state index contributed by atoms with van der Waals surface area (Å²) in [5.74, 6) is 0.459. The number of imidazole rings is 1. The van der Waals surface area contributed by atoms with Crippen LogP contribution in [0.5, 0.6) is 0 Å². The van der Waals surface area contributed by atoms with Gasteiger partial charge in [0.1, 0.15) is 6.07 Å². The Labute approximate surface area is 122 Å². The highest BCUT2D eigenvalue weighted by Gasteiger charge is 2.10. The second kappa shape index (κ2) is 6.73. The van der Waals surface area contributed by atoms with Gasteiger partial charge >= 0.3 is 0 Å². The van der Waals surface area contributed by atoms with E-state index in [1.165, 1.54) is 6.40 Å². The zero-order chi connectivity index (χ0) is 14.4. The van der Waals surface area contributed by atoms with Crippen molar-refractivity contribution in [3.63, 3.8) is 0 Å². The number of ether oxygens (including phenoxy) is 1. The third-order valence-electron chi connectivity index (χ3n) is 2.63. The van der Waals surface area contributed by atoms with Crippen LogP contribution in [0.4, 0.5) is 5.82 Å². The van der Waals surface area contributed by atoms with E-state index < -0.39 is 0 Å². The Morgan fingerprint density at radius 1 is 1.50 bits per heavy atom. The van der Waals surface area contributed by atoms with E-state index in [4.69, 9.17) is 21.6 Å². The first-order chi connectivity index (χ1) is 9.76. The normalized spacial score (nSPS) is 10.7. The minimum absolute atomic E-state index is 0.257. The van der Waals surface area contributed by atoms with Crippen LogP contribution in [-0.2, 0) is 11.3 Å². The molecule has 0 aliphatic carbocycles. The molecule has 0 N–H and O–H groups in total. The molecule has 0 bridgehead atoms. The molecule has 0 fully saturated rings. The molecule has 102 valence electrons. The zero-order valence-corrected chi connectivity index (χ0v) is 11.7. The van der Waals surface area contributed by atoms with E-state index in [-0.39, 0.29) is 5.69 Å². The second-order valence-electron chi connectivity index (χ2n) is 3.94. The number of aliphatic imine (C=N–C) groups is 1. The summed E-state index contributed by atoms with van der Waals surface area (Å²) in [5.41, 5.74) is 1.19. The second-order valence-corrected chi connectivity index (χ2v) is 4.34. The van der Waals surface area contributed by atoms with Crippen LogP contribution in [0.1, 0.15) is 18.2 Å². The van der Waals surface area contributed by atoms with E-state index in [0.717, 1.165) is 5.56 Å². The molecule has 5 nitrogen and oxygen atoms in total. The lowest BCUT2D eigenvalue weighted by atomic mass is 10.2. The molecule has 0 radical (unpaired) electrons. The lowest BCUT2D eigenvalue weighted by Gasteiger charge is -2.06. The van der Waals surface area contributed by atoms with Crippen LogP contribution in [0.15, 0.2) is 35.6 Å². The van der Waals surface area contributed by atoms with Crippen molar-refractivity contribution in [1.29, 1.82) is 5.26 Å². The Hall–Kier alpha value is -2.32. The van der Waals surface area contributed by atoms with Crippen LogP contribution in [0.25, 0.3) is 0 Å². The number of nitriles is 1. The summed E-state index contributed by atoms with van der Waals surface area (Å²) in [4.78, 5) is 8.17. The molecule has 0 aliphatic rings. The van der Waals surface area contributed by atoms with Crippen molar-refractivity contribution < 1.29 is 4.74 Å². The van der Waals surface area contributed by atoms with Crippen molar-refractivity contribution in [2.75, 3.05) is 6.61 Å². The predicted octanol–water partition coefficient (Wildman–Crippen LogP) is 3.15. The number of halogens is 1. The van der Waals surface area contributed by atoms with Gasteiger partial charge in [0.2, 0.25) is 0 Å². The fraction of sp³-hybridized carbons (Fsp3) is 0.214. The highest BCUT2D eigenvalue weighted by Crippen LogP contribution is 2.22. The Balaban J connectivity index is 2.31. The van der Waals surface area contributed by atoms with Crippen LogP contribution >= 0.6 is 11.6 Å². The van der Waals surface area contributed by atoms with Gasteiger partial charge in [0.05, 0.1) is 19.5 Å². The van der Waals surface area contributed by atoms with Gasteiger partial charge in [-0.1, -0.05) is 29.8 Å². The maximum absolute atomic E-state index is 9.04. The minimum Gasteiger partial charge on any atom is -0.483 e. The monoisotopic (exact) mass is 288 g/mol. The lowest BCUT2D eigenvalue weighted by Crippen LogP contribution is -1.99. The Kier molecular flexibility index (Phi) is 4.75. The molecule has 0 aliphatic heterocycles. The first kappa shape index (κ1) is 14.1. The fourth-order valence-corrected chi connectivity index (χ4v) is 1.87. The van der Waals surface area contributed by atoms with Crippen LogP contribution in [0.2, 0.25) is 5.02 Å². The van der Waals surface area contributed by atoms with E-state index in [0.29, 0.717) is 24.0 Å². The Bertz CT molecular complexity index is 657. The number of benzene rings is 1. The Morgan fingerprint density at radius 2 is 2.30 bits per heavy atom.